The second-order valence-corrected chi connectivity index (χ2v) is 5.55. The van der Waals surface area contributed by atoms with Gasteiger partial charge in [0.1, 0.15) is 5.75 Å². The molecule has 0 amide bonds. The van der Waals surface area contributed by atoms with Crippen molar-refractivity contribution in [2.45, 2.75) is 33.1 Å². The molecule has 2 nitrogen and oxygen atoms in total. The number of pyridine rings is 1. The number of hydrogen-bond acceptors (Lipinski definition) is 2. The summed E-state index contributed by atoms with van der Waals surface area (Å²) in [5.74, 6) is 2.03. The third kappa shape index (κ3) is 3.57. The van der Waals surface area contributed by atoms with Crippen molar-refractivity contribution in [2.75, 3.05) is 0 Å². The van der Waals surface area contributed by atoms with Crippen molar-refractivity contribution < 1.29 is 4.74 Å². The maximum atomic E-state index is 5.75. The predicted molar refractivity (Wildman–Crippen MR) is 81.9 cm³/mol. The fraction of sp³-hybridized carbons (Fsp3) is 0.312. The van der Waals surface area contributed by atoms with Gasteiger partial charge < -0.3 is 4.74 Å². The zero-order valence-corrected chi connectivity index (χ0v) is 13.1. The smallest absolute Gasteiger partial charge is 0.219 e. The highest BCUT2D eigenvalue weighted by Crippen LogP contribution is 2.25. The predicted octanol–water partition coefficient (Wildman–Crippen LogP) is 5.46. The maximum Gasteiger partial charge on any atom is 0.219 e. The van der Waals surface area contributed by atoms with Crippen LogP contribution in [0.2, 0.25) is 0 Å². The first-order chi connectivity index (χ1) is 9.10. The van der Waals surface area contributed by atoms with Gasteiger partial charge in [-0.25, -0.2) is 4.98 Å². The number of aryl methyl sites for hydroxylation is 1. The molecule has 0 aliphatic rings. The standard InChI is InChI=1S/C16H18BrNO/c1-4-11(2)13-5-7-14(8-6-13)19-16-10-9-15(17)12(3)18-16/h5-11H,4H2,1-3H3. The van der Waals surface area contributed by atoms with Crippen LogP contribution in [0.4, 0.5) is 0 Å². The summed E-state index contributed by atoms with van der Waals surface area (Å²) in [6.07, 6.45) is 1.15. The number of aromatic nitrogens is 1. The van der Waals surface area contributed by atoms with E-state index in [9.17, 15) is 0 Å². The Morgan fingerprint density at radius 2 is 1.84 bits per heavy atom. The SMILES string of the molecule is CCC(C)c1ccc(Oc2ccc(Br)c(C)n2)cc1. The average Bonchev–Trinajstić information content (AvgIpc) is 2.43. The molecule has 0 bridgehead atoms. The highest BCUT2D eigenvalue weighted by Gasteiger charge is 2.05. The highest BCUT2D eigenvalue weighted by molar-refractivity contribution is 9.10. The number of halogens is 1. The quantitative estimate of drug-likeness (QED) is 0.746. The van der Waals surface area contributed by atoms with Gasteiger partial charge in [0.2, 0.25) is 5.88 Å². The average molecular weight is 320 g/mol. The Bertz CT molecular complexity index is 551. The van der Waals surface area contributed by atoms with Gasteiger partial charge in [0, 0.05) is 10.5 Å². The number of ether oxygens (including phenoxy) is 1. The van der Waals surface area contributed by atoms with Crippen LogP contribution in [0.3, 0.4) is 0 Å². The van der Waals surface area contributed by atoms with E-state index in [4.69, 9.17) is 4.74 Å². The van der Waals surface area contributed by atoms with Gasteiger partial charge in [-0.2, -0.15) is 0 Å². The molecule has 0 N–H and O–H groups in total. The monoisotopic (exact) mass is 319 g/mol. The lowest BCUT2D eigenvalue weighted by Crippen LogP contribution is -1.93. The Morgan fingerprint density at radius 3 is 2.42 bits per heavy atom. The number of hydrogen-bond donors (Lipinski definition) is 0. The van der Waals surface area contributed by atoms with Gasteiger partial charge in [0.15, 0.2) is 0 Å². The minimum Gasteiger partial charge on any atom is -0.439 e. The molecule has 19 heavy (non-hydrogen) atoms. The lowest BCUT2D eigenvalue weighted by Gasteiger charge is -2.10. The molecule has 3 heteroatoms. The van der Waals surface area contributed by atoms with Crippen LogP contribution < -0.4 is 4.74 Å². The van der Waals surface area contributed by atoms with Crippen molar-refractivity contribution in [3.8, 4) is 11.6 Å². The van der Waals surface area contributed by atoms with Crippen molar-refractivity contribution in [1.82, 2.24) is 4.98 Å². The zero-order valence-electron chi connectivity index (χ0n) is 11.5. The summed E-state index contributed by atoms with van der Waals surface area (Å²) >= 11 is 3.43. The Kier molecular flexibility index (Phi) is 4.59. The van der Waals surface area contributed by atoms with Gasteiger partial charge >= 0.3 is 0 Å². The molecule has 0 radical (unpaired) electrons. The van der Waals surface area contributed by atoms with E-state index >= 15 is 0 Å². The molecule has 2 aromatic rings. The Labute approximate surface area is 123 Å². The highest BCUT2D eigenvalue weighted by atomic mass is 79.9. The molecule has 0 saturated heterocycles. The van der Waals surface area contributed by atoms with Crippen LogP contribution in [-0.2, 0) is 0 Å². The molecule has 1 unspecified atom stereocenters. The molecule has 1 atom stereocenters. The van der Waals surface area contributed by atoms with Gasteiger partial charge in [0.05, 0.1) is 5.69 Å². The summed E-state index contributed by atoms with van der Waals surface area (Å²) in [6, 6.07) is 12.1. The van der Waals surface area contributed by atoms with Crippen LogP contribution in [-0.4, -0.2) is 4.98 Å². The maximum absolute atomic E-state index is 5.75. The summed E-state index contributed by atoms with van der Waals surface area (Å²) in [6.45, 7) is 6.38. The summed E-state index contributed by atoms with van der Waals surface area (Å²) < 4.78 is 6.74. The van der Waals surface area contributed by atoms with E-state index in [1.165, 1.54) is 5.56 Å². The van der Waals surface area contributed by atoms with Crippen molar-refractivity contribution in [3.63, 3.8) is 0 Å². The number of nitrogens with zero attached hydrogens (tertiary/aromatic N) is 1. The van der Waals surface area contributed by atoms with E-state index in [1.807, 2.05) is 31.2 Å². The second-order valence-electron chi connectivity index (χ2n) is 4.70. The van der Waals surface area contributed by atoms with Gasteiger partial charge in [-0.1, -0.05) is 26.0 Å². The molecule has 0 aliphatic carbocycles. The molecule has 0 fully saturated rings. The van der Waals surface area contributed by atoms with Crippen LogP contribution in [0.5, 0.6) is 11.6 Å². The minimum atomic E-state index is 0.585. The summed E-state index contributed by atoms with van der Waals surface area (Å²) in [5.41, 5.74) is 2.27. The first kappa shape index (κ1) is 14.1. The molecule has 0 saturated carbocycles. The summed E-state index contributed by atoms with van der Waals surface area (Å²) in [7, 11) is 0. The Morgan fingerprint density at radius 1 is 1.16 bits per heavy atom. The minimum absolute atomic E-state index is 0.585. The third-order valence-electron chi connectivity index (χ3n) is 3.28. The first-order valence-corrected chi connectivity index (χ1v) is 7.30. The fourth-order valence-corrected chi connectivity index (χ4v) is 2.02. The van der Waals surface area contributed by atoms with Crippen molar-refractivity contribution in [2.24, 2.45) is 0 Å². The largest absolute Gasteiger partial charge is 0.439 e. The van der Waals surface area contributed by atoms with Crippen molar-refractivity contribution in [3.05, 3.63) is 52.1 Å². The normalized spacial score (nSPS) is 12.2. The molecule has 0 aliphatic heterocycles. The van der Waals surface area contributed by atoms with E-state index in [1.54, 1.807) is 0 Å². The van der Waals surface area contributed by atoms with Crippen LogP contribution in [0, 0.1) is 6.92 Å². The third-order valence-corrected chi connectivity index (χ3v) is 4.12. The summed E-state index contributed by atoms with van der Waals surface area (Å²) in [4.78, 5) is 4.37. The van der Waals surface area contributed by atoms with Crippen LogP contribution in [0.15, 0.2) is 40.9 Å². The first-order valence-electron chi connectivity index (χ1n) is 6.51. The topological polar surface area (TPSA) is 22.1 Å². The van der Waals surface area contributed by atoms with Crippen molar-refractivity contribution >= 4 is 15.9 Å². The molecule has 2 rings (SSSR count). The number of rotatable bonds is 4. The van der Waals surface area contributed by atoms with E-state index in [0.29, 0.717) is 11.8 Å². The fourth-order valence-electron chi connectivity index (χ4n) is 1.80. The zero-order chi connectivity index (χ0) is 13.8. The molecule has 1 heterocycles. The van der Waals surface area contributed by atoms with Crippen LogP contribution in [0.25, 0.3) is 0 Å². The van der Waals surface area contributed by atoms with Crippen molar-refractivity contribution in [1.29, 1.82) is 0 Å². The van der Waals surface area contributed by atoms with E-state index < -0.39 is 0 Å². The molecular weight excluding hydrogens is 302 g/mol. The Hall–Kier alpha value is -1.35. The van der Waals surface area contributed by atoms with Gasteiger partial charge in [-0.15, -0.1) is 0 Å². The molecule has 1 aromatic heterocycles. The second kappa shape index (κ2) is 6.20. The lowest BCUT2D eigenvalue weighted by atomic mass is 9.99. The Balaban J connectivity index is 2.12. The van der Waals surface area contributed by atoms with E-state index in [0.717, 1.165) is 22.3 Å². The van der Waals surface area contributed by atoms with Crippen LogP contribution in [0.1, 0.15) is 37.4 Å². The number of benzene rings is 1. The molecular formula is C16H18BrNO. The van der Waals surface area contributed by atoms with Gasteiger partial charge in [0.25, 0.3) is 0 Å². The van der Waals surface area contributed by atoms with E-state index in [2.05, 4.69) is 46.9 Å². The van der Waals surface area contributed by atoms with E-state index in [-0.39, 0.29) is 0 Å². The van der Waals surface area contributed by atoms with Crippen LogP contribution >= 0.6 is 15.9 Å². The van der Waals surface area contributed by atoms with Gasteiger partial charge in [-0.3, -0.25) is 0 Å². The van der Waals surface area contributed by atoms with Gasteiger partial charge in [-0.05, 0) is 59.0 Å². The summed E-state index contributed by atoms with van der Waals surface area (Å²) in [5, 5.41) is 0. The lowest BCUT2D eigenvalue weighted by molar-refractivity contribution is 0.461. The molecule has 1 aromatic carbocycles. The molecule has 0 spiro atoms. The molecule has 100 valence electrons.